The van der Waals surface area contributed by atoms with Crippen LogP contribution in [-0.2, 0) is 6.54 Å². The Bertz CT molecular complexity index is 1600. The number of hydrogen-bond acceptors (Lipinski definition) is 0. The summed E-state index contributed by atoms with van der Waals surface area (Å²) in [6.45, 7) is 1.57. The first-order chi connectivity index (χ1) is 25.9. The summed E-state index contributed by atoms with van der Waals surface area (Å²) in [4.78, 5) is 0. The number of halogens is 28. The Morgan fingerprint density at radius 3 is 1.20 bits per heavy atom. The molecular weight excluding hydrogens is 1050 g/mol. The van der Waals surface area contributed by atoms with E-state index in [1.54, 1.807) is 0 Å². The van der Waals surface area contributed by atoms with Gasteiger partial charge in [-0.2, -0.15) is 6.20 Å². The molecule has 2 aliphatic rings. The molecule has 0 aromatic heterocycles. The summed E-state index contributed by atoms with van der Waals surface area (Å²) in [5, 5.41) is 8.79. The number of hydrogen-bond donors (Lipinski definition) is 0. The van der Waals surface area contributed by atoms with Crippen molar-refractivity contribution < 1.29 is 114 Å². The predicted octanol–water partition coefficient (Wildman–Crippen LogP) is 14.7. The van der Waals surface area contributed by atoms with E-state index in [0.717, 1.165) is 18.8 Å². The summed E-state index contributed by atoms with van der Waals surface area (Å²) < 4.78 is 335. The van der Waals surface area contributed by atoms with Crippen molar-refractivity contribution in [2.24, 2.45) is 0 Å². The van der Waals surface area contributed by atoms with Crippen LogP contribution in [-0.4, -0.2) is 94.2 Å². The van der Waals surface area contributed by atoms with Crippen molar-refractivity contribution in [1.29, 1.82) is 0 Å². The molecule has 0 bridgehead atoms. The average molecular weight is 1070 g/mol. The van der Waals surface area contributed by atoms with Crippen LogP contribution in [0.4, 0.5) is 120 Å². The van der Waals surface area contributed by atoms with E-state index in [9.17, 15) is 114 Å². The first-order valence-corrected chi connectivity index (χ1v) is 26.3. The standard InChI is InChI=1S/C12H10N2.2C8H4F13.2ClH.Sn/c1-2-10-4-3-9-5-7-13-8-11(9)12(10)14-6-1;2*1-2-3(9,10)4(11,12)5(13,14)6(15,16)7(17,18)8(19,20)21;;;/h1-5,7H,6,8H2;2*1-2H2;2*1H;/q-2;;;;;+2/p-2. The van der Waals surface area contributed by atoms with Crippen molar-refractivity contribution >= 4 is 51.8 Å². The van der Waals surface area contributed by atoms with Crippen LogP contribution in [0.1, 0.15) is 29.5 Å². The van der Waals surface area contributed by atoms with Gasteiger partial charge >= 0.3 is 241 Å². The van der Waals surface area contributed by atoms with Crippen LogP contribution >= 0.6 is 17.8 Å². The molecule has 59 heavy (non-hydrogen) atoms. The molecule has 0 radical (unpaired) electrons. The SMILES string of the molecule is C1=Cc2ccc3c(c2[N-]C1)C[N-]C=C3.FC(F)(F)C(F)(F)C(F)(F)C(F)(F)C(F)(F)C(F)(F)C[CH2][Sn]([Cl])([Cl])[CH2]CC(F)(F)C(F)(F)C(F)(F)C(F)(F)C(F)(F)C(F)(F)F. The van der Waals surface area contributed by atoms with Crippen molar-refractivity contribution in [3.05, 3.63) is 51.7 Å². The van der Waals surface area contributed by atoms with E-state index < -0.39 is 109 Å². The molecule has 0 fully saturated rings. The monoisotopic (exact) mass is 1070 g/mol. The Hall–Kier alpha value is -2.14. The van der Waals surface area contributed by atoms with Crippen LogP contribution in [0.5, 0.6) is 0 Å². The molecular formula is C28H18Cl2F26N2Sn-2. The van der Waals surface area contributed by atoms with Gasteiger partial charge in [-0.3, -0.25) is 0 Å². The molecule has 0 spiro atoms. The quantitative estimate of drug-likeness (QED) is 0.131. The Morgan fingerprint density at radius 2 is 0.831 bits per heavy atom. The van der Waals surface area contributed by atoms with Gasteiger partial charge in [0, 0.05) is 0 Å². The predicted molar refractivity (Wildman–Crippen MR) is 157 cm³/mol. The van der Waals surface area contributed by atoms with Crippen molar-refractivity contribution in [1.82, 2.24) is 0 Å². The minimum absolute atomic E-state index is 0.770. The van der Waals surface area contributed by atoms with E-state index in [1.165, 1.54) is 16.7 Å². The van der Waals surface area contributed by atoms with Crippen LogP contribution < -0.4 is 0 Å². The third-order valence-corrected chi connectivity index (χ3v) is 18.9. The summed E-state index contributed by atoms with van der Waals surface area (Å²) in [6, 6.07) is 4.27. The van der Waals surface area contributed by atoms with Crippen LogP contribution in [0.2, 0.25) is 8.87 Å². The van der Waals surface area contributed by atoms with E-state index in [-0.39, 0.29) is 0 Å². The Labute approximate surface area is 323 Å². The van der Waals surface area contributed by atoms with E-state index >= 15 is 0 Å². The van der Waals surface area contributed by atoms with Crippen molar-refractivity contribution in [3.63, 3.8) is 0 Å². The molecule has 0 unspecified atom stereocenters. The summed E-state index contributed by atoms with van der Waals surface area (Å²) in [5.74, 6) is -79.4. The van der Waals surface area contributed by atoms with Gasteiger partial charge in [-0.05, 0) is 11.1 Å². The van der Waals surface area contributed by atoms with E-state index in [0.29, 0.717) is 0 Å². The zero-order chi connectivity index (χ0) is 46.7. The first-order valence-electron chi connectivity index (χ1n) is 15.0. The van der Waals surface area contributed by atoms with Crippen molar-refractivity contribution in [2.45, 2.75) is 99.8 Å². The summed E-state index contributed by atoms with van der Waals surface area (Å²) in [7, 11) is 10.3. The van der Waals surface area contributed by atoms with E-state index in [4.69, 9.17) is 17.8 Å². The summed E-state index contributed by atoms with van der Waals surface area (Å²) in [5.41, 5.74) is 4.89. The second-order valence-electron chi connectivity index (χ2n) is 12.3. The van der Waals surface area contributed by atoms with E-state index in [2.05, 4.69) is 34.9 Å². The van der Waals surface area contributed by atoms with Gasteiger partial charge in [0.15, 0.2) is 0 Å². The number of benzene rings is 1. The second kappa shape index (κ2) is 16.2. The Balaban J connectivity index is 0.000000700. The zero-order valence-corrected chi connectivity index (χ0v) is 32.1. The third-order valence-electron chi connectivity index (χ3n) is 8.22. The first kappa shape index (κ1) is 53.0. The number of fused-ring (bicyclic) bond motifs is 3. The maximum absolute atomic E-state index is 13.8. The molecule has 0 amide bonds. The van der Waals surface area contributed by atoms with Crippen LogP contribution in [0.3, 0.4) is 0 Å². The summed E-state index contributed by atoms with van der Waals surface area (Å²) in [6.07, 6.45) is -13.9. The van der Waals surface area contributed by atoms with Gasteiger partial charge in [-0.25, -0.2) is 0 Å². The molecule has 3 rings (SSSR count). The topological polar surface area (TPSA) is 28.2 Å². The molecule has 0 aliphatic carbocycles. The van der Waals surface area contributed by atoms with Gasteiger partial charge in [-0.15, -0.1) is 24.9 Å². The van der Waals surface area contributed by atoms with Crippen LogP contribution in [0, 0.1) is 0 Å². The van der Waals surface area contributed by atoms with Gasteiger partial charge in [0.2, 0.25) is 0 Å². The third kappa shape index (κ3) is 9.18. The number of rotatable bonds is 14. The molecule has 0 saturated carbocycles. The maximum atomic E-state index is 13.8. The van der Waals surface area contributed by atoms with Gasteiger partial charge in [0.05, 0.1) is 0 Å². The van der Waals surface area contributed by atoms with Crippen LogP contribution in [0.15, 0.2) is 24.4 Å². The molecule has 31 heteroatoms. The molecule has 0 N–H and O–H groups in total. The molecule has 2 aliphatic heterocycles. The van der Waals surface area contributed by atoms with Crippen molar-refractivity contribution in [2.75, 3.05) is 6.54 Å². The molecule has 2 nitrogen and oxygen atoms in total. The molecule has 1 aromatic carbocycles. The fourth-order valence-electron chi connectivity index (χ4n) is 4.64. The second-order valence-corrected chi connectivity index (χ2v) is 31.1. The van der Waals surface area contributed by atoms with Gasteiger partial charge in [-0.1, -0.05) is 29.8 Å². The summed E-state index contributed by atoms with van der Waals surface area (Å²) >= 11 is -6.51. The number of alkyl halides is 26. The van der Waals surface area contributed by atoms with Gasteiger partial charge < -0.3 is 10.6 Å². The molecule has 342 valence electrons. The molecule has 0 atom stereocenters. The normalized spacial score (nSPS) is 16.7. The fraction of sp³-hybridized carbons (Fsp3) is 0.643. The average Bonchev–Trinajstić information content (AvgIpc) is 3.08. The number of nitrogens with zero attached hydrogens (tertiary/aromatic N) is 2. The molecule has 2 heterocycles. The van der Waals surface area contributed by atoms with Crippen LogP contribution in [0.25, 0.3) is 22.8 Å². The van der Waals surface area contributed by atoms with Gasteiger partial charge in [0.25, 0.3) is 0 Å². The van der Waals surface area contributed by atoms with Gasteiger partial charge in [0.1, 0.15) is 0 Å². The zero-order valence-electron chi connectivity index (χ0n) is 27.7. The Morgan fingerprint density at radius 1 is 0.475 bits per heavy atom. The fourth-order valence-corrected chi connectivity index (χ4v) is 11.8. The Kier molecular flexibility index (Phi) is 14.6. The molecule has 0 saturated heterocycles. The van der Waals surface area contributed by atoms with E-state index in [1.807, 2.05) is 12.3 Å². The minimum atomic E-state index is -8.36. The van der Waals surface area contributed by atoms with Crippen molar-refractivity contribution in [3.8, 4) is 0 Å². The molecule has 1 aromatic rings.